The number of oxime groups is 1. The van der Waals surface area contributed by atoms with Gasteiger partial charge in [-0.2, -0.15) is 0 Å². The Labute approximate surface area is 135 Å². The standard InChI is InChI=1S/C19H19NO3/c1-14(20-23-19(22)17-11-7-4-8-12-17)13-18(21)15(2)16-9-5-3-6-10-16/h3-12,18,21H,2,13H2,1H3. The number of nitrogens with zero attached hydrogens (tertiary/aromatic N) is 1. The number of hydrogen-bond acceptors (Lipinski definition) is 4. The summed E-state index contributed by atoms with van der Waals surface area (Å²) in [5.41, 5.74) is 2.42. The van der Waals surface area contributed by atoms with Crippen LogP contribution in [0.15, 0.2) is 72.4 Å². The lowest BCUT2D eigenvalue weighted by atomic mass is 9.99. The second-order valence-corrected chi connectivity index (χ2v) is 5.18. The molecule has 2 aromatic carbocycles. The fourth-order valence-electron chi connectivity index (χ4n) is 2.03. The molecule has 0 heterocycles. The summed E-state index contributed by atoms with van der Waals surface area (Å²) in [6.07, 6.45) is -0.535. The molecule has 0 saturated carbocycles. The van der Waals surface area contributed by atoms with Crippen LogP contribution < -0.4 is 0 Å². The number of aliphatic hydroxyl groups is 1. The van der Waals surface area contributed by atoms with Crippen LogP contribution in [0.1, 0.15) is 29.3 Å². The van der Waals surface area contributed by atoms with E-state index in [4.69, 9.17) is 4.84 Å². The molecule has 4 heteroatoms. The first-order valence-electron chi connectivity index (χ1n) is 7.30. The summed E-state index contributed by atoms with van der Waals surface area (Å²) in [5, 5.41) is 14.0. The Hall–Kier alpha value is -2.72. The van der Waals surface area contributed by atoms with Crippen molar-refractivity contribution >= 4 is 17.3 Å². The molecule has 0 bridgehead atoms. The van der Waals surface area contributed by atoms with Crippen LogP contribution >= 0.6 is 0 Å². The fourth-order valence-corrected chi connectivity index (χ4v) is 2.03. The van der Waals surface area contributed by atoms with Crippen LogP contribution in [0.2, 0.25) is 0 Å². The van der Waals surface area contributed by atoms with Gasteiger partial charge in [-0.3, -0.25) is 0 Å². The molecule has 0 aliphatic carbocycles. The third-order valence-electron chi connectivity index (χ3n) is 3.33. The highest BCUT2D eigenvalue weighted by Crippen LogP contribution is 2.18. The SMILES string of the molecule is C=C(c1ccccc1)C(O)CC(C)=NOC(=O)c1ccccc1. The molecule has 1 unspecified atom stereocenters. The van der Waals surface area contributed by atoms with E-state index in [-0.39, 0.29) is 6.42 Å². The Balaban J connectivity index is 1.92. The molecule has 118 valence electrons. The number of carbonyl (C=O) groups excluding carboxylic acids is 1. The zero-order valence-electron chi connectivity index (χ0n) is 13.0. The van der Waals surface area contributed by atoms with Gasteiger partial charge in [0.25, 0.3) is 0 Å². The van der Waals surface area contributed by atoms with Gasteiger partial charge in [0.1, 0.15) is 0 Å². The van der Waals surface area contributed by atoms with Crippen molar-refractivity contribution in [2.75, 3.05) is 0 Å². The van der Waals surface area contributed by atoms with Gasteiger partial charge < -0.3 is 9.94 Å². The Morgan fingerprint density at radius 3 is 2.17 bits per heavy atom. The highest BCUT2D eigenvalue weighted by molar-refractivity contribution is 5.90. The van der Waals surface area contributed by atoms with E-state index in [0.717, 1.165) is 5.56 Å². The quantitative estimate of drug-likeness (QED) is 0.503. The summed E-state index contributed by atoms with van der Waals surface area (Å²) < 4.78 is 0. The molecule has 0 spiro atoms. The molecule has 0 amide bonds. The molecule has 0 radical (unpaired) electrons. The van der Waals surface area contributed by atoms with Crippen molar-refractivity contribution in [2.24, 2.45) is 5.16 Å². The molecule has 4 nitrogen and oxygen atoms in total. The van der Waals surface area contributed by atoms with Gasteiger partial charge in [0.2, 0.25) is 0 Å². The van der Waals surface area contributed by atoms with Gasteiger partial charge in [0, 0.05) is 6.42 Å². The fraction of sp³-hybridized carbons (Fsp3) is 0.158. The van der Waals surface area contributed by atoms with Crippen LogP contribution in [0, 0.1) is 0 Å². The van der Waals surface area contributed by atoms with E-state index in [1.54, 1.807) is 31.2 Å². The van der Waals surface area contributed by atoms with Crippen LogP contribution in [0.25, 0.3) is 5.57 Å². The largest absolute Gasteiger partial charge is 0.388 e. The van der Waals surface area contributed by atoms with Crippen LogP contribution in [0.5, 0.6) is 0 Å². The lowest BCUT2D eigenvalue weighted by Gasteiger charge is -2.13. The van der Waals surface area contributed by atoms with Crippen molar-refractivity contribution in [3.63, 3.8) is 0 Å². The summed E-state index contributed by atoms with van der Waals surface area (Å²) in [6.45, 7) is 5.60. The van der Waals surface area contributed by atoms with E-state index in [1.165, 1.54) is 0 Å². The zero-order chi connectivity index (χ0) is 16.7. The Kier molecular flexibility index (Phi) is 5.83. The molecular formula is C19H19NO3. The van der Waals surface area contributed by atoms with E-state index in [2.05, 4.69) is 11.7 Å². The maximum Gasteiger partial charge on any atom is 0.365 e. The van der Waals surface area contributed by atoms with Gasteiger partial charge >= 0.3 is 5.97 Å². The lowest BCUT2D eigenvalue weighted by Crippen LogP contribution is -2.14. The Morgan fingerprint density at radius 1 is 1.09 bits per heavy atom. The zero-order valence-corrected chi connectivity index (χ0v) is 13.0. The van der Waals surface area contributed by atoms with Crippen molar-refractivity contribution in [3.8, 4) is 0 Å². The number of hydrogen-bond donors (Lipinski definition) is 1. The number of benzene rings is 2. The lowest BCUT2D eigenvalue weighted by molar-refractivity contribution is 0.0513. The first-order chi connectivity index (χ1) is 11.1. The normalized spacial score (nSPS) is 12.5. The topological polar surface area (TPSA) is 58.9 Å². The van der Waals surface area contributed by atoms with Gasteiger partial charge in [0.05, 0.1) is 17.4 Å². The van der Waals surface area contributed by atoms with Gasteiger partial charge in [0.15, 0.2) is 0 Å². The van der Waals surface area contributed by atoms with Gasteiger partial charge in [-0.25, -0.2) is 4.79 Å². The highest BCUT2D eigenvalue weighted by Gasteiger charge is 2.13. The molecule has 0 fully saturated rings. The molecule has 0 saturated heterocycles. The molecule has 1 N–H and O–H groups in total. The van der Waals surface area contributed by atoms with E-state index in [9.17, 15) is 9.90 Å². The van der Waals surface area contributed by atoms with Crippen molar-refractivity contribution in [3.05, 3.63) is 78.4 Å². The maximum absolute atomic E-state index is 11.8. The van der Waals surface area contributed by atoms with Crippen molar-refractivity contribution in [1.29, 1.82) is 0 Å². The molecule has 2 aromatic rings. The number of aliphatic hydroxyl groups excluding tert-OH is 1. The first kappa shape index (κ1) is 16.6. The Morgan fingerprint density at radius 2 is 1.61 bits per heavy atom. The number of carbonyl (C=O) groups is 1. The molecular weight excluding hydrogens is 290 g/mol. The minimum atomic E-state index is -0.781. The van der Waals surface area contributed by atoms with Crippen molar-refractivity contribution in [2.45, 2.75) is 19.4 Å². The summed E-state index contributed by atoms with van der Waals surface area (Å²) >= 11 is 0. The van der Waals surface area contributed by atoms with E-state index < -0.39 is 12.1 Å². The van der Waals surface area contributed by atoms with E-state index in [1.807, 2.05) is 36.4 Å². The minimum absolute atomic E-state index is 0.246. The summed E-state index contributed by atoms with van der Waals surface area (Å²) in [7, 11) is 0. The smallest absolute Gasteiger partial charge is 0.365 e. The molecule has 23 heavy (non-hydrogen) atoms. The molecule has 1 atom stereocenters. The summed E-state index contributed by atoms with van der Waals surface area (Å²) in [4.78, 5) is 16.7. The van der Waals surface area contributed by atoms with Crippen LogP contribution in [-0.4, -0.2) is 22.9 Å². The Bertz CT molecular complexity index is 693. The van der Waals surface area contributed by atoms with Crippen molar-refractivity contribution in [1.82, 2.24) is 0 Å². The predicted molar refractivity (Wildman–Crippen MR) is 91.1 cm³/mol. The molecule has 0 aliphatic rings. The maximum atomic E-state index is 11.8. The average molecular weight is 309 g/mol. The second kappa shape index (κ2) is 8.06. The van der Waals surface area contributed by atoms with Gasteiger partial charge in [-0.1, -0.05) is 60.3 Å². The van der Waals surface area contributed by atoms with Gasteiger partial charge in [-0.15, -0.1) is 0 Å². The van der Waals surface area contributed by atoms with Crippen molar-refractivity contribution < 1.29 is 14.7 Å². The first-order valence-corrected chi connectivity index (χ1v) is 7.30. The molecule has 2 rings (SSSR count). The monoisotopic (exact) mass is 309 g/mol. The third kappa shape index (κ3) is 4.90. The van der Waals surface area contributed by atoms with E-state index >= 15 is 0 Å². The molecule has 0 aliphatic heterocycles. The average Bonchev–Trinajstić information content (AvgIpc) is 2.60. The predicted octanol–water partition coefficient (Wildman–Crippen LogP) is 3.68. The summed E-state index contributed by atoms with van der Waals surface area (Å²) in [6, 6.07) is 18.1. The van der Waals surface area contributed by atoms with Crippen LogP contribution in [-0.2, 0) is 4.84 Å². The highest BCUT2D eigenvalue weighted by atomic mass is 16.7. The third-order valence-corrected chi connectivity index (χ3v) is 3.33. The summed E-state index contributed by atoms with van der Waals surface area (Å²) in [5.74, 6) is -0.527. The van der Waals surface area contributed by atoms with Gasteiger partial charge in [-0.05, 0) is 30.2 Å². The van der Waals surface area contributed by atoms with Crippen LogP contribution in [0.4, 0.5) is 0 Å². The second-order valence-electron chi connectivity index (χ2n) is 5.18. The van der Waals surface area contributed by atoms with Crippen LogP contribution in [0.3, 0.4) is 0 Å². The minimum Gasteiger partial charge on any atom is -0.388 e. The van der Waals surface area contributed by atoms with E-state index in [0.29, 0.717) is 16.8 Å². The molecule has 0 aromatic heterocycles. The number of rotatable bonds is 6.